The molecule has 4 atom stereocenters. The first-order chi connectivity index (χ1) is 25.7. The zero-order valence-corrected chi connectivity index (χ0v) is 31.0. The summed E-state index contributed by atoms with van der Waals surface area (Å²) in [4.78, 5) is 0. The maximum Gasteiger partial charge on any atom is 0.127 e. The highest BCUT2D eigenvalue weighted by atomic mass is 19.1. The van der Waals surface area contributed by atoms with Crippen molar-refractivity contribution in [3.05, 3.63) is 192 Å². The van der Waals surface area contributed by atoms with Crippen LogP contribution in [0.1, 0.15) is 62.8 Å². The maximum absolute atomic E-state index is 14.3. The first-order valence-electron chi connectivity index (χ1n) is 18.5. The van der Waals surface area contributed by atoms with E-state index < -0.39 is 10.8 Å². The van der Waals surface area contributed by atoms with Crippen LogP contribution in [0, 0.1) is 11.6 Å². The van der Waals surface area contributed by atoms with E-state index in [1.165, 1.54) is 24.3 Å². The molecule has 6 aromatic carbocycles. The van der Waals surface area contributed by atoms with E-state index >= 15 is 0 Å². The van der Waals surface area contributed by atoms with E-state index in [9.17, 15) is 8.78 Å². The minimum atomic E-state index is -0.502. The molecule has 0 aliphatic rings. The molecule has 0 amide bonds. The molecule has 0 fully saturated rings. The molecule has 0 heterocycles. The average Bonchev–Trinajstić information content (AvgIpc) is 3.18. The van der Waals surface area contributed by atoms with Crippen LogP contribution in [0.15, 0.2) is 158 Å². The zero-order chi connectivity index (χ0) is 37.3. The summed E-state index contributed by atoms with van der Waals surface area (Å²) in [6.07, 6.45) is 1.95. The average molecular weight is 711 g/mol. The van der Waals surface area contributed by atoms with Crippen molar-refractivity contribution in [2.24, 2.45) is 0 Å². The number of hydrogen-bond acceptors (Lipinski definition) is 3. The molecule has 0 saturated carbocycles. The molecule has 0 bridgehead atoms. The molecule has 272 valence electrons. The van der Waals surface area contributed by atoms with Crippen LogP contribution in [0.3, 0.4) is 0 Å². The summed E-state index contributed by atoms with van der Waals surface area (Å²) in [6.45, 7) is 8.74. The Balaban J connectivity index is 1.41. The Labute approximate surface area is 313 Å². The van der Waals surface area contributed by atoms with Crippen molar-refractivity contribution in [3.63, 3.8) is 0 Å². The highest BCUT2D eigenvalue weighted by molar-refractivity contribution is 5.38. The quantitative estimate of drug-likeness (QED) is 0.100. The molecular formula is C48H48F2O3. The van der Waals surface area contributed by atoms with Gasteiger partial charge in [0.05, 0.1) is 12.2 Å². The minimum Gasteiger partial charge on any atom is -0.457 e. The lowest BCUT2D eigenvalue weighted by Crippen LogP contribution is -2.48. The van der Waals surface area contributed by atoms with E-state index in [-0.39, 0.29) is 23.8 Å². The largest absolute Gasteiger partial charge is 0.457 e. The summed E-state index contributed by atoms with van der Waals surface area (Å²) in [5.74, 6) is 2.45. The van der Waals surface area contributed by atoms with Crippen molar-refractivity contribution >= 4 is 0 Å². The number of hydrogen-bond donors (Lipinski definition) is 0. The Morgan fingerprint density at radius 1 is 0.453 bits per heavy atom. The van der Waals surface area contributed by atoms with Gasteiger partial charge >= 0.3 is 0 Å². The zero-order valence-electron chi connectivity index (χ0n) is 31.0. The Morgan fingerprint density at radius 2 is 0.811 bits per heavy atom. The van der Waals surface area contributed by atoms with Gasteiger partial charge < -0.3 is 14.2 Å². The second-order valence-corrected chi connectivity index (χ2v) is 14.2. The minimum absolute atomic E-state index is 0.277. The lowest BCUT2D eigenvalue weighted by molar-refractivity contribution is -0.0840. The number of para-hydroxylation sites is 2. The van der Waals surface area contributed by atoms with E-state index in [0.717, 1.165) is 58.1 Å². The smallest absolute Gasteiger partial charge is 0.127 e. The van der Waals surface area contributed by atoms with Gasteiger partial charge in [-0.1, -0.05) is 113 Å². The summed E-state index contributed by atoms with van der Waals surface area (Å²) in [7, 11) is 0. The van der Waals surface area contributed by atoms with Gasteiger partial charge in [0.25, 0.3) is 0 Å². The third-order valence-electron chi connectivity index (χ3n) is 10.8. The van der Waals surface area contributed by atoms with Crippen LogP contribution in [0.25, 0.3) is 0 Å². The Kier molecular flexibility index (Phi) is 12.1. The Hall–Kier alpha value is -5.26. The standard InChI is InChI=1S/C48H48F2O3/c1-5-47(3,37-23-27-39(49)28-24-37)45(33-35-15-13-21-43(31-35)51-41-17-9-7-10-18-41)53-46(48(4,6-2)38-25-29-40(50)30-26-38)34-36-16-14-22-44(32-36)52-42-19-11-8-12-20-42/h7-32,45-46H,5-6,33-34H2,1-4H3. The van der Waals surface area contributed by atoms with Gasteiger partial charge in [0, 0.05) is 10.8 Å². The van der Waals surface area contributed by atoms with Crippen molar-refractivity contribution in [1.29, 1.82) is 0 Å². The monoisotopic (exact) mass is 710 g/mol. The summed E-state index contributed by atoms with van der Waals surface area (Å²) in [6, 6.07) is 49.4. The Morgan fingerprint density at radius 3 is 1.17 bits per heavy atom. The molecule has 0 radical (unpaired) electrons. The molecule has 0 N–H and O–H groups in total. The first-order valence-corrected chi connectivity index (χ1v) is 18.5. The van der Waals surface area contributed by atoms with Gasteiger partial charge in [-0.05, 0) is 121 Å². The van der Waals surface area contributed by atoms with E-state index in [4.69, 9.17) is 14.2 Å². The predicted octanol–water partition coefficient (Wildman–Crippen LogP) is 12.8. The summed E-state index contributed by atoms with van der Waals surface area (Å²) >= 11 is 0. The second-order valence-electron chi connectivity index (χ2n) is 14.2. The van der Waals surface area contributed by atoms with Crippen LogP contribution < -0.4 is 9.47 Å². The van der Waals surface area contributed by atoms with Gasteiger partial charge in [0.1, 0.15) is 34.6 Å². The van der Waals surface area contributed by atoms with Crippen LogP contribution in [0.2, 0.25) is 0 Å². The molecule has 0 aliphatic carbocycles. The molecule has 6 rings (SSSR count). The molecule has 0 aromatic heterocycles. The van der Waals surface area contributed by atoms with Crippen LogP contribution in [0.4, 0.5) is 8.78 Å². The molecule has 0 aliphatic heterocycles. The normalized spacial score (nSPS) is 14.8. The fraction of sp³-hybridized carbons (Fsp3) is 0.250. The fourth-order valence-electron chi connectivity index (χ4n) is 7.09. The van der Waals surface area contributed by atoms with E-state index in [0.29, 0.717) is 12.8 Å². The molecule has 0 saturated heterocycles. The molecule has 5 heteroatoms. The lowest BCUT2D eigenvalue weighted by Gasteiger charge is -2.45. The number of ether oxygens (including phenoxy) is 3. The van der Waals surface area contributed by atoms with E-state index in [1.807, 2.05) is 109 Å². The van der Waals surface area contributed by atoms with Gasteiger partial charge in [-0.2, -0.15) is 0 Å². The van der Waals surface area contributed by atoms with Crippen molar-refractivity contribution in [3.8, 4) is 23.0 Å². The maximum atomic E-state index is 14.3. The highest BCUT2D eigenvalue weighted by Gasteiger charge is 2.42. The highest BCUT2D eigenvalue weighted by Crippen LogP contribution is 2.42. The third-order valence-corrected chi connectivity index (χ3v) is 10.8. The predicted molar refractivity (Wildman–Crippen MR) is 210 cm³/mol. The van der Waals surface area contributed by atoms with Crippen LogP contribution in [-0.2, 0) is 28.4 Å². The van der Waals surface area contributed by atoms with Crippen molar-refractivity contribution in [1.82, 2.24) is 0 Å². The number of halogens is 2. The van der Waals surface area contributed by atoms with Gasteiger partial charge in [-0.3, -0.25) is 0 Å². The molecule has 3 nitrogen and oxygen atoms in total. The molecule has 53 heavy (non-hydrogen) atoms. The van der Waals surface area contributed by atoms with Crippen LogP contribution >= 0.6 is 0 Å². The lowest BCUT2D eigenvalue weighted by atomic mass is 9.71. The van der Waals surface area contributed by atoms with Gasteiger partial charge in [0.15, 0.2) is 0 Å². The summed E-state index contributed by atoms with van der Waals surface area (Å²) in [5, 5.41) is 0. The van der Waals surface area contributed by atoms with Crippen LogP contribution in [-0.4, -0.2) is 12.2 Å². The van der Waals surface area contributed by atoms with Crippen molar-refractivity contribution in [2.45, 2.75) is 76.4 Å². The fourth-order valence-corrected chi connectivity index (χ4v) is 7.09. The molecular weight excluding hydrogens is 663 g/mol. The topological polar surface area (TPSA) is 27.7 Å². The summed E-state index contributed by atoms with van der Waals surface area (Å²) in [5.41, 5.74) is 3.11. The molecule has 6 aromatic rings. The van der Waals surface area contributed by atoms with E-state index in [2.05, 4.69) is 52.0 Å². The summed E-state index contributed by atoms with van der Waals surface area (Å²) < 4.78 is 48.7. The number of rotatable bonds is 16. The second kappa shape index (κ2) is 17.0. The van der Waals surface area contributed by atoms with E-state index in [1.54, 1.807) is 0 Å². The van der Waals surface area contributed by atoms with Crippen molar-refractivity contribution in [2.75, 3.05) is 0 Å². The SMILES string of the molecule is CCC(C)(c1ccc(F)cc1)C(Cc1cccc(Oc2ccccc2)c1)OC(Cc1cccc(Oc2ccccc2)c1)C(C)(CC)c1ccc(F)cc1. The van der Waals surface area contributed by atoms with Gasteiger partial charge in [-0.15, -0.1) is 0 Å². The van der Waals surface area contributed by atoms with Crippen molar-refractivity contribution < 1.29 is 23.0 Å². The third kappa shape index (κ3) is 9.22. The number of benzene rings is 6. The van der Waals surface area contributed by atoms with Crippen LogP contribution in [0.5, 0.6) is 23.0 Å². The Bertz CT molecular complexity index is 1880. The molecule has 0 spiro atoms. The molecule has 4 unspecified atom stereocenters. The first kappa shape index (κ1) is 37.5. The van der Waals surface area contributed by atoms with Gasteiger partial charge in [0.2, 0.25) is 0 Å². The van der Waals surface area contributed by atoms with Gasteiger partial charge in [-0.25, -0.2) is 8.78 Å².